The number of carbonyl (C=O) groups is 1. The maximum atomic E-state index is 12.3. The third-order valence-corrected chi connectivity index (χ3v) is 3.57. The molecule has 0 saturated carbocycles. The molecule has 0 radical (unpaired) electrons. The fourth-order valence-electron chi connectivity index (χ4n) is 2.33. The maximum absolute atomic E-state index is 12.3. The van der Waals surface area contributed by atoms with Gasteiger partial charge in [-0.25, -0.2) is 4.79 Å². The van der Waals surface area contributed by atoms with Crippen LogP contribution >= 0.6 is 12.2 Å². The molecule has 0 aliphatic carbocycles. The van der Waals surface area contributed by atoms with Gasteiger partial charge in [0.2, 0.25) is 0 Å². The third kappa shape index (κ3) is 4.10. The van der Waals surface area contributed by atoms with Crippen LogP contribution < -0.4 is 15.4 Å². The predicted octanol–water partition coefficient (Wildman–Crippen LogP) is 2.61. The lowest BCUT2D eigenvalue weighted by molar-refractivity contribution is -0.139. The molecule has 0 amide bonds. The highest BCUT2D eigenvalue weighted by molar-refractivity contribution is 7.80. The van der Waals surface area contributed by atoms with E-state index in [0.717, 1.165) is 11.3 Å². The zero-order valence-electron chi connectivity index (χ0n) is 13.2. The molecule has 1 heterocycles. The highest BCUT2D eigenvalue weighted by atomic mass is 32.1. The number of rotatable bonds is 6. The first-order chi connectivity index (χ1) is 11.1. The summed E-state index contributed by atoms with van der Waals surface area (Å²) >= 11 is 5.20. The molecule has 2 rings (SSSR count). The van der Waals surface area contributed by atoms with Crippen molar-refractivity contribution in [3.63, 3.8) is 0 Å². The van der Waals surface area contributed by atoms with Gasteiger partial charge in [0.05, 0.1) is 18.2 Å². The Morgan fingerprint density at radius 3 is 2.70 bits per heavy atom. The molecule has 0 saturated heterocycles. The molecule has 23 heavy (non-hydrogen) atoms. The molecule has 1 atom stereocenters. The second-order valence-corrected chi connectivity index (χ2v) is 5.37. The zero-order chi connectivity index (χ0) is 16.8. The summed E-state index contributed by atoms with van der Waals surface area (Å²) in [4.78, 5) is 12.3. The van der Waals surface area contributed by atoms with Gasteiger partial charge in [-0.05, 0) is 43.8 Å². The van der Waals surface area contributed by atoms with E-state index >= 15 is 0 Å². The van der Waals surface area contributed by atoms with Gasteiger partial charge in [-0.15, -0.1) is 0 Å². The quantitative estimate of drug-likeness (QED) is 0.474. The van der Waals surface area contributed by atoms with E-state index in [1.165, 1.54) is 0 Å². The van der Waals surface area contributed by atoms with Crippen molar-refractivity contribution in [1.82, 2.24) is 10.6 Å². The van der Waals surface area contributed by atoms with Gasteiger partial charge < -0.3 is 20.1 Å². The molecule has 0 bridgehead atoms. The van der Waals surface area contributed by atoms with Crippen molar-refractivity contribution in [2.24, 2.45) is 0 Å². The summed E-state index contributed by atoms with van der Waals surface area (Å²) in [6, 6.07) is 7.15. The van der Waals surface area contributed by atoms with Crippen LogP contribution in [0.2, 0.25) is 0 Å². The Bertz CT molecular complexity index is 638. The highest BCUT2D eigenvalue weighted by Crippen LogP contribution is 2.28. The van der Waals surface area contributed by atoms with Gasteiger partial charge in [0.25, 0.3) is 0 Å². The molecule has 122 valence electrons. The van der Waals surface area contributed by atoms with Crippen molar-refractivity contribution in [3.8, 4) is 5.75 Å². The smallest absolute Gasteiger partial charge is 0.338 e. The molecule has 5 nitrogen and oxygen atoms in total. The SMILES string of the molecule is C=CCOc1ccc([C@@H]2NC(=S)NC(C)=C2C(=O)OCC)cc1. The molecule has 6 heteroatoms. The normalized spacial score (nSPS) is 17.1. The van der Waals surface area contributed by atoms with Gasteiger partial charge >= 0.3 is 5.97 Å². The topological polar surface area (TPSA) is 59.6 Å². The average Bonchev–Trinajstić information content (AvgIpc) is 2.52. The summed E-state index contributed by atoms with van der Waals surface area (Å²) in [5.74, 6) is 0.382. The fraction of sp³-hybridized carbons (Fsp3) is 0.294. The second kappa shape index (κ2) is 7.78. The highest BCUT2D eigenvalue weighted by Gasteiger charge is 2.30. The number of carbonyl (C=O) groups excluding carboxylic acids is 1. The van der Waals surface area contributed by atoms with Crippen molar-refractivity contribution in [3.05, 3.63) is 53.8 Å². The van der Waals surface area contributed by atoms with Crippen LogP contribution in [0.4, 0.5) is 0 Å². The van der Waals surface area contributed by atoms with Gasteiger partial charge in [0.1, 0.15) is 12.4 Å². The van der Waals surface area contributed by atoms with E-state index < -0.39 is 0 Å². The molecule has 1 aromatic rings. The largest absolute Gasteiger partial charge is 0.490 e. The van der Waals surface area contributed by atoms with Crippen molar-refractivity contribution < 1.29 is 14.3 Å². The summed E-state index contributed by atoms with van der Waals surface area (Å²) < 4.78 is 10.6. The van der Waals surface area contributed by atoms with Crippen molar-refractivity contribution in [2.75, 3.05) is 13.2 Å². The van der Waals surface area contributed by atoms with Crippen LogP contribution in [0.5, 0.6) is 5.75 Å². The summed E-state index contributed by atoms with van der Waals surface area (Å²) in [6.45, 7) is 7.98. The van der Waals surface area contributed by atoms with Gasteiger partial charge in [-0.2, -0.15) is 0 Å². The number of nitrogens with one attached hydrogen (secondary N) is 2. The molecule has 0 spiro atoms. The first-order valence-corrected chi connectivity index (χ1v) is 7.76. The van der Waals surface area contributed by atoms with E-state index in [2.05, 4.69) is 17.2 Å². The molecule has 0 fully saturated rings. The molecule has 1 aliphatic heterocycles. The third-order valence-electron chi connectivity index (χ3n) is 3.35. The Kier molecular flexibility index (Phi) is 5.76. The Labute approximate surface area is 141 Å². The monoisotopic (exact) mass is 332 g/mol. The number of allylic oxidation sites excluding steroid dienone is 1. The van der Waals surface area contributed by atoms with Crippen LogP contribution in [0, 0.1) is 0 Å². The lowest BCUT2D eigenvalue weighted by atomic mass is 9.95. The van der Waals surface area contributed by atoms with E-state index in [9.17, 15) is 4.79 Å². The molecular weight excluding hydrogens is 312 g/mol. The minimum atomic E-state index is -0.357. The molecule has 0 aromatic heterocycles. The van der Waals surface area contributed by atoms with E-state index in [0.29, 0.717) is 29.6 Å². The standard InChI is InChI=1S/C17H20N2O3S/c1-4-10-22-13-8-6-12(7-9-13)15-14(16(20)21-5-2)11(3)18-17(23)19-15/h4,6-9,15H,1,5,10H2,2-3H3,(H2,18,19,23)/t15-/m0/s1. The zero-order valence-corrected chi connectivity index (χ0v) is 14.0. The number of hydrogen-bond donors (Lipinski definition) is 2. The van der Waals surface area contributed by atoms with E-state index in [-0.39, 0.29) is 12.0 Å². The van der Waals surface area contributed by atoms with Crippen LogP contribution in [0.3, 0.4) is 0 Å². The molecule has 1 aromatic carbocycles. The number of hydrogen-bond acceptors (Lipinski definition) is 4. The van der Waals surface area contributed by atoms with Gasteiger partial charge in [0, 0.05) is 5.70 Å². The van der Waals surface area contributed by atoms with E-state index in [1.807, 2.05) is 31.2 Å². The summed E-state index contributed by atoms with van der Waals surface area (Å²) in [5, 5.41) is 6.57. The summed E-state index contributed by atoms with van der Waals surface area (Å²) in [5.41, 5.74) is 2.13. The minimum absolute atomic E-state index is 0.321. The lowest BCUT2D eigenvalue weighted by Crippen LogP contribution is -2.45. The van der Waals surface area contributed by atoms with E-state index in [4.69, 9.17) is 21.7 Å². The Hall–Kier alpha value is -2.34. The molecule has 2 N–H and O–H groups in total. The van der Waals surface area contributed by atoms with Gasteiger partial charge in [-0.3, -0.25) is 0 Å². The van der Waals surface area contributed by atoms with Crippen LogP contribution in [-0.4, -0.2) is 24.3 Å². The lowest BCUT2D eigenvalue weighted by Gasteiger charge is -2.29. The van der Waals surface area contributed by atoms with E-state index in [1.54, 1.807) is 13.0 Å². The number of thiocarbonyl (C=S) groups is 1. The molecular formula is C17H20N2O3S. The van der Waals surface area contributed by atoms with Gasteiger partial charge in [-0.1, -0.05) is 24.8 Å². The number of benzene rings is 1. The predicted molar refractivity (Wildman–Crippen MR) is 93.1 cm³/mol. The van der Waals surface area contributed by atoms with Crippen molar-refractivity contribution in [2.45, 2.75) is 19.9 Å². The summed E-state index contributed by atoms with van der Waals surface area (Å²) in [7, 11) is 0. The Balaban J connectivity index is 2.30. The van der Waals surface area contributed by atoms with Gasteiger partial charge in [0.15, 0.2) is 5.11 Å². The molecule has 0 unspecified atom stereocenters. The van der Waals surface area contributed by atoms with Crippen molar-refractivity contribution in [1.29, 1.82) is 0 Å². The van der Waals surface area contributed by atoms with Crippen LogP contribution in [-0.2, 0) is 9.53 Å². The van der Waals surface area contributed by atoms with Crippen LogP contribution in [0.1, 0.15) is 25.5 Å². The van der Waals surface area contributed by atoms with Crippen molar-refractivity contribution >= 4 is 23.3 Å². The first kappa shape index (κ1) is 17.0. The second-order valence-electron chi connectivity index (χ2n) is 4.96. The summed E-state index contributed by atoms with van der Waals surface area (Å²) in [6.07, 6.45) is 1.69. The minimum Gasteiger partial charge on any atom is -0.490 e. The molecule has 1 aliphatic rings. The first-order valence-electron chi connectivity index (χ1n) is 7.35. The Morgan fingerprint density at radius 2 is 2.09 bits per heavy atom. The number of esters is 1. The van der Waals surface area contributed by atoms with Crippen LogP contribution in [0.25, 0.3) is 0 Å². The average molecular weight is 332 g/mol. The number of ether oxygens (including phenoxy) is 2. The maximum Gasteiger partial charge on any atom is 0.338 e. The fourth-order valence-corrected chi connectivity index (χ4v) is 2.61. The van der Waals surface area contributed by atoms with Crippen LogP contribution in [0.15, 0.2) is 48.2 Å². The Morgan fingerprint density at radius 1 is 1.39 bits per heavy atom.